The van der Waals surface area contributed by atoms with Crippen LogP contribution in [0.3, 0.4) is 0 Å². The number of sulfonamides is 1. The van der Waals surface area contributed by atoms with E-state index < -0.39 is 15.9 Å². The van der Waals surface area contributed by atoms with Gasteiger partial charge in [0.05, 0.1) is 4.90 Å². The summed E-state index contributed by atoms with van der Waals surface area (Å²) in [5.74, 6) is -0.485. The lowest BCUT2D eigenvalue weighted by atomic mass is 10.1. The van der Waals surface area contributed by atoms with Crippen LogP contribution >= 0.6 is 0 Å². The van der Waals surface area contributed by atoms with E-state index in [2.05, 4.69) is 0 Å². The summed E-state index contributed by atoms with van der Waals surface area (Å²) in [7, 11) is -3.54. The summed E-state index contributed by atoms with van der Waals surface area (Å²) in [5, 5.41) is 0. The van der Waals surface area contributed by atoms with Crippen molar-refractivity contribution in [3.8, 4) is 0 Å². The van der Waals surface area contributed by atoms with Crippen molar-refractivity contribution in [2.45, 2.75) is 49.6 Å². The van der Waals surface area contributed by atoms with Crippen molar-refractivity contribution in [2.24, 2.45) is 5.73 Å². The first-order valence-corrected chi connectivity index (χ1v) is 10.4. The van der Waals surface area contributed by atoms with E-state index in [0.29, 0.717) is 17.0 Å². The molecule has 2 aliphatic carbocycles. The Labute approximate surface area is 153 Å². The maximum absolute atomic E-state index is 13.2. The summed E-state index contributed by atoms with van der Waals surface area (Å²) in [4.78, 5) is 11.6. The molecule has 2 N–H and O–H groups in total. The Hall–Kier alpha value is -2.18. The van der Waals surface area contributed by atoms with Gasteiger partial charge in [0, 0.05) is 18.2 Å². The minimum Gasteiger partial charge on any atom is -0.366 e. The third-order valence-electron chi connectivity index (χ3n) is 5.21. The average Bonchev–Trinajstić information content (AvgIpc) is 3.35. The number of hydrogen-bond acceptors (Lipinski definition) is 3. The van der Waals surface area contributed by atoms with Crippen LogP contribution in [-0.4, -0.2) is 24.7 Å². The lowest BCUT2D eigenvalue weighted by molar-refractivity contribution is 0.1000. The number of rotatable bonds is 6. The number of amides is 1. The van der Waals surface area contributed by atoms with Crippen LogP contribution in [0.5, 0.6) is 0 Å². The van der Waals surface area contributed by atoms with Gasteiger partial charge in [0.1, 0.15) is 0 Å². The lowest BCUT2D eigenvalue weighted by Crippen LogP contribution is -2.32. The van der Waals surface area contributed by atoms with Gasteiger partial charge < -0.3 is 5.73 Å². The number of hydrogen-bond donors (Lipinski definition) is 1. The molecule has 0 atom stereocenters. The number of aryl methyl sites for hydroxylation is 2. The van der Waals surface area contributed by atoms with Gasteiger partial charge in [-0.1, -0.05) is 18.2 Å². The molecule has 5 nitrogen and oxygen atoms in total. The van der Waals surface area contributed by atoms with Crippen LogP contribution < -0.4 is 5.73 Å². The second-order valence-electron chi connectivity index (χ2n) is 7.13. The van der Waals surface area contributed by atoms with E-state index in [4.69, 9.17) is 5.73 Å². The number of carbonyl (C=O) groups excluding carboxylic acids is 1. The summed E-state index contributed by atoms with van der Waals surface area (Å²) >= 11 is 0. The van der Waals surface area contributed by atoms with Gasteiger partial charge in [-0.05, 0) is 73.1 Å². The van der Waals surface area contributed by atoms with Crippen molar-refractivity contribution in [1.82, 2.24) is 4.31 Å². The Morgan fingerprint density at radius 2 is 1.73 bits per heavy atom. The maximum atomic E-state index is 13.2. The maximum Gasteiger partial charge on any atom is 0.248 e. The predicted octanol–water partition coefficient (Wildman–Crippen LogP) is 2.63. The molecule has 2 aromatic rings. The molecule has 4 rings (SSSR count). The predicted molar refractivity (Wildman–Crippen MR) is 99.2 cm³/mol. The molecule has 0 spiro atoms. The summed E-state index contributed by atoms with van der Waals surface area (Å²) in [6.45, 7) is 0.309. The van der Waals surface area contributed by atoms with Crippen LogP contribution in [0.25, 0.3) is 0 Å². The average molecular weight is 370 g/mol. The number of fused-ring (bicyclic) bond motifs is 1. The molecule has 26 heavy (non-hydrogen) atoms. The molecule has 1 saturated carbocycles. The van der Waals surface area contributed by atoms with E-state index in [1.54, 1.807) is 34.6 Å². The lowest BCUT2D eigenvalue weighted by Gasteiger charge is -2.22. The standard InChI is InChI=1S/C20H22N2O3S/c21-20(23)16-6-4-14(5-7-16)13-22(18-9-10-18)26(24,25)19-11-8-15-2-1-3-17(15)12-19/h4-8,11-12,18H,1-3,9-10,13H2,(H2,21,23). The van der Waals surface area contributed by atoms with E-state index in [9.17, 15) is 13.2 Å². The third kappa shape index (κ3) is 3.27. The zero-order chi connectivity index (χ0) is 18.3. The molecule has 0 saturated heterocycles. The Morgan fingerprint density at radius 1 is 1.04 bits per heavy atom. The van der Waals surface area contributed by atoms with Gasteiger partial charge in [-0.25, -0.2) is 8.42 Å². The van der Waals surface area contributed by atoms with Crippen LogP contribution in [0.15, 0.2) is 47.4 Å². The van der Waals surface area contributed by atoms with Gasteiger partial charge in [-0.15, -0.1) is 0 Å². The molecule has 0 heterocycles. The number of carbonyl (C=O) groups is 1. The van der Waals surface area contributed by atoms with E-state index in [0.717, 1.165) is 43.2 Å². The molecule has 0 aliphatic heterocycles. The molecule has 136 valence electrons. The highest BCUT2D eigenvalue weighted by molar-refractivity contribution is 7.89. The zero-order valence-corrected chi connectivity index (χ0v) is 15.3. The molecule has 1 amide bonds. The van der Waals surface area contributed by atoms with Crippen molar-refractivity contribution < 1.29 is 13.2 Å². The van der Waals surface area contributed by atoms with Crippen molar-refractivity contribution in [1.29, 1.82) is 0 Å². The number of nitrogens with two attached hydrogens (primary N) is 1. The van der Waals surface area contributed by atoms with Gasteiger partial charge in [-0.3, -0.25) is 4.79 Å². The molecule has 0 aromatic heterocycles. The molecule has 2 aliphatic rings. The fraction of sp³-hybridized carbons (Fsp3) is 0.350. The molecule has 6 heteroatoms. The quantitative estimate of drug-likeness (QED) is 0.849. The van der Waals surface area contributed by atoms with E-state index in [-0.39, 0.29) is 6.04 Å². The van der Waals surface area contributed by atoms with Gasteiger partial charge >= 0.3 is 0 Å². The first-order valence-electron chi connectivity index (χ1n) is 8.97. The van der Waals surface area contributed by atoms with Crippen LogP contribution in [0.4, 0.5) is 0 Å². The molecular formula is C20H22N2O3S. The van der Waals surface area contributed by atoms with Gasteiger partial charge in [0.25, 0.3) is 0 Å². The molecule has 2 aromatic carbocycles. The minimum absolute atomic E-state index is 0.0593. The highest BCUT2D eigenvalue weighted by atomic mass is 32.2. The van der Waals surface area contributed by atoms with Crippen LogP contribution in [-0.2, 0) is 29.4 Å². The van der Waals surface area contributed by atoms with E-state index >= 15 is 0 Å². The molecule has 1 fully saturated rings. The molecule has 0 bridgehead atoms. The molecular weight excluding hydrogens is 348 g/mol. The monoisotopic (exact) mass is 370 g/mol. The van der Waals surface area contributed by atoms with Crippen molar-refractivity contribution in [3.63, 3.8) is 0 Å². The van der Waals surface area contributed by atoms with Crippen molar-refractivity contribution in [2.75, 3.05) is 0 Å². The second kappa shape index (κ2) is 6.52. The number of primary amides is 1. The van der Waals surface area contributed by atoms with E-state index in [1.807, 2.05) is 12.1 Å². The minimum atomic E-state index is -3.54. The highest BCUT2D eigenvalue weighted by Crippen LogP contribution is 2.35. The Kier molecular flexibility index (Phi) is 4.32. The zero-order valence-electron chi connectivity index (χ0n) is 14.5. The molecule has 0 unspecified atom stereocenters. The Morgan fingerprint density at radius 3 is 2.38 bits per heavy atom. The smallest absolute Gasteiger partial charge is 0.248 e. The number of nitrogens with zero attached hydrogens (tertiary/aromatic N) is 1. The highest BCUT2D eigenvalue weighted by Gasteiger charge is 2.38. The first kappa shape index (κ1) is 17.2. The Bertz CT molecular complexity index is 948. The van der Waals surface area contributed by atoms with E-state index in [1.165, 1.54) is 5.56 Å². The number of benzene rings is 2. The van der Waals surface area contributed by atoms with Crippen LogP contribution in [0, 0.1) is 0 Å². The third-order valence-corrected chi connectivity index (χ3v) is 7.10. The van der Waals surface area contributed by atoms with Gasteiger partial charge in [-0.2, -0.15) is 4.31 Å². The van der Waals surface area contributed by atoms with Crippen LogP contribution in [0.2, 0.25) is 0 Å². The second-order valence-corrected chi connectivity index (χ2v) is 9.02. The van der Waals surface area contributed by atoms with Gasteiger partial charge in [0.2, 0.25) is 15.9 Å². The topological polar surface area (TPSA) is 80.5 Å². The normalized spacial score (nSPS) is 16.7. The van der Waals surface area contributed by atoms with Crippen LogP contribution in [0.1, 0.15) is 46.3 Å². The summed E-state index contributed by atoms with van der Waals surface area (Å²) in [6, 6.07) is 12.4. The fourth-order valence-corrected chi connectivity index (χ4v) is 5.30. The summed E-state index contributed by atoms with van der Waals surface area (Å²) in [6.07, 6.45) is 4.87. The Balaban J connectivity index is 1.62. The molecule has 0 radical (unpaired) electrons. The van der Waals surface area contributed by atoms with Crippen molar-refractivity contribution in [3.05, 3.63) is 64.7 Å². The van der Waals surface area contributed by atoms with Gasteiger partial charge in [0.15, 0.2) is 0 Å². The first-order chi connectivity index (χ1) is 12.4. The summed E-state index contributed by atoms with van der Waals surface area (Å²) in [5.41, 5.74) is 8.97. The summed E-state index contributed by atoms with van der Waals surface area (Å²) < 4.78 is 28.1. The van der Waals surface area contributed by atoms with Crippen molar-refractivity contribution >= 4 is 15.9 Å². The fourth-order valence-electron chi connectivity index (χ4n) is 3.57. The SMILES string of the molecule is NC(=O)c1ccc(CN(C2CC2)S(=O)(=O)c2ccc3c(c2)CCC3)cc1. The largest absolute Gasteiger partial charge is 0.366 e.